The first-order valence-electron chi connectivity index (χ1n) is 7.25. The highest BCUT2D eigenvalue weighted by Crippen LogP contribution is 2.28. The molecule has 0 amide bonds. The Morgan fingerprint density at radius 2 is 2.25 bits per heavy atom. The van der Waals surface area contributed by atoms with E-state index in [1.807, 2.05) is 0 Å². The minimum absolute atomic E-state index is 0.0977. The molecule has 1 aromatic rings. The Kier molecular flexibility index (Phi) is 4.19. The summed E-state index contributed by atoms with van der Waals surface area (Å²) in [5.41, 5.74) is 10.1. The molecule has 1 aromatic carbocycles. The second kappa shape index (κ2) is 6.08. The van der Waals surface area contributed by atoms with Gasteiger partial charge in [0.05, 0.1) is 12.6 Å². The van der Waals surface area contributed by atoms with E-state index >= 15 is 0 Å². The maximum absolute atomic E-state index is 6.08. The molecule has 0 bridgehead atoms. The van der Waals surface area contributed by atoms with Crippen molar-refractivity contribution in [2.75, 3.05) is 18.5 Å². The highest BCUT2D eigenvalue weighted by atomic mass is 32.1. The normalized spacial score (nSPS) is 25.1. The second-order valence-electron chi connectivity index (χ2n) is 5.53. The number of fused-ring (bicyclic) bond motifs is 1. The molecular weight excluding hydrogens is 270 g/mol. The molecule has 1 saturated heterocycles. The lowest BCUT2D eigenvalue weighted by molar-refractivity contribution is 0.0652. The van der Waals surface area contributed by atoms with Crippen molar-refractivity contribution in [3.63, 3.8) is 0 Å². The molecule has 1 fully saturated rings. The van der Waals surface area contributed by atoms with Gasteiger partial charge in [-0.15, -0.1) is 0 Å². The molecule has 0 radical (unpaired) electrons. The van der Waals surface area contributed by atoms with Crippen LogP contribution >= 0.6 is 12.2 Å². The number of hydrogen-bond acceptors (Lipinski definition) is 3. The molecular formula is C15H21N3OS. The molecule has 0 spiro atoms. The van der Waals surface area contributed by atoms with Crippen molar-refractivity contribution < 1.29 is 4.74 Å². The van der Waals surface area contributed by atoms with Crippen LogP contribution in [-0.4, -0.2) is 30.4 Å². The van der Waals surface area contributed by atoms with Gasteiger partial charge in [-0.2, -0.15) is 0 Å². The average Bonchev–Trinajstić information content (AvgIpc) is 2.91. The zero-order valence-corrected chi connectivity index (χ0v) is 12.3. The van der Waals surface area contributed by atoms with Crippen LogP contribution in [0.2, 0.25) is 0 Å². The molecule has 2 unspecified atom stereocenters. The van der Waals surface area contributed by atoms with Gasteiger partial charge in [0.25, 0.3) is 0 Å². The van der Waals surface area contributed by atoms with Gasteiger partial charge in [-0.1, -0.05) is 12.1 Å². The van der Waals surface area contributed by atoms with Crippen LogP contribution in [0, 0.1) is 0 Å². The molecule has 0 saturated carbocycles. The van der Waals surface area contributed by atoms with Gasteiger partial charge in [0.1, 0.15) is 0 Å². The first-order valence-corrected chi connectivity index (χ1v) is 7.66. The van der Waals surface area contributed by atoms with E-state index in [0.29, 0.717) is 11.7 Å². The van der Waals surface area contributed by atoms with Crippen molar-refractivity contribution in [3.05, 3.63) is 29.3 Å². The molecule has 2 atom stereocenters. The summed E-state index contributed by atoms with van der Waals surface area (Å²) in [5.74, 6) is 0. The first kappa shape index (κ1) is 13.8. The Morgan fingerprint density at radius 3 is 3.10 bits per heavy atom. The zero-order chi connectivity index (χ0) is 13.9. The summed E-state index contributed by atoms with van der Waals surface area (Å²) in [7, 11) is 0. The van der Waals surface area contributed by atoms with Crippen molar-refractivity contribution >= 4 is 23.0 Å². The quantitative estimate of drug-likeness (QED) is 0.722. The SMILES string of the molecule is NC1CCOCC1NC(=S)Nc1cccc2c1CCC2. The summed E-state index contributed by atoms with van der Waals surface area (Å²) in [6.45, 7) is 1.36. The lowest BCUT2D eigenvalue weighted by Crippen LogP contribution is -2.54. The first-order chi connectivity index (χ1) is 9.74. The number of aryl methyl sites for hydroxylation is 1. The highest BCUT2D eigenvalue weighted by Gasteiger charge is 2.23. The van der Waals surface area contributed by atoms with E-state index in [9.17, 15) is 0 Å². The molecule has 1 aliphatic heterocycles. The summed E-state index contributed by atoms with van der Waals surface area (Å²) in [6, 6.07) is 6.58. The Labute approximate surface area is 125 Å². The van der Waals surface area contributed by atoms with Gasteiger partial charge in [-0.3, -0.25) is 0 Å². The van der Waals surface area contributed by atoms with Crippen LogP contribution in [0.1, 0.15) is 24.0 Å². The smallest absolute Gasteiger partial charge is 0.171 e. The molecule has 1 aliphatic carbocycles. The van der Waals surface area contributed by atoms with E-state index in [-0.39, 0.29) is 12.1 Å². The number of thiocarbonyl (C=S) groups is 1. The number of benzene rings is 1. The minimum atomic E-state index is 0.0977. The summed E-state index contributed by atoms with van der Waals surface area (Å²) in [5, 5.41) is 7.23. The van der Waals surface area contributed by atoms with Crippen molar-refractivity contribution in [2.45, 2.75) is 37.8 Å². The van der Waals surface area contributed by atoms with Crippen LogP contribution in [-0.2, 0) is 17.6 Å². The summed E-state index contributed by atoms with van der Waals surface area (Å²) in [4.78, 5) is 0. The van der Waals surface area contributed by atoms with Crippen LogP contribution < -0.4 is 16.4 Å². The fourth-order valence-corrected chi connectivity index (χ4v) is 3.23. The monoisotopic (exact) mass is 291 g/mol. The van der Waals surface area contributed by atoms with Crippen molar-refractivity contribution in [3.8, 4) is 0 Å². The lowest BCUT2D eigenvalue weighted by Gasteiger charge is -2.30. The van der Waals surface area contributed by atoms with Gasteiger partial charge >= 0.3 is 0 Å². The molecule has 4 N–H and O–H groups in total. The van der Waals surface area contributed by atoms with Crippen LogP contribution in [0.15, 0.2) is 18.2 Å². The van der Waals surface area contributed by atoms with Crippen LogP contribution in [0.5, 0.6) is 0 Å². The zero-order valence-electron chi connectivity index (χ0n) is 11.5. The predicted octanol–water partition coefficient (Wildman–Crippen LogP) is 1.58. The fraction of sp³-hybridized carbons (Fsp3) is 0.533. The van der Waals surface area contributed by atoms with E-state index in [4.69, 9.17) is 22.7 Å². The van der Waals surface area contributed by atoms with Gasteiger partial charge < -0.3 is 21.1 Å². The molecule has 108 valence electrons. The van der Waals surface area contributed by atoms with Crippen LogP contribution in [0.3, 0.4) is 0 Å². The maximum Gasteiger partial charge on any atom is 0.171 e. The summed E-state index contributed by atoms with van der Waals surface area (Å²) >= 11 is 5.41. The standard InChI is InChI=1S/C15H21N3OS/c16-12-7-8-19-9-14(12)18-15(20)17-13-6-2-4-10-3-1-5-11(10)13/h2,4,6,12,14H,1,3,5,7-9,16H2,(H2,17,18,20). The number of hydrogen-bond donors (Lipinski definition) is 3. The minimum Gasteiger partial charge on any atom is -0.379 e. The fourth-order valence-electron chi connectivity index (χ4n) is 2.97. The largest absolute Gasteiger partial charge is 0.379 e. The number of anilines is 1. The van der Waals surface area contributed by atoms with Crippen LogP contribution in [0.25, 0.3) is 0 Å². The summed E-state index contributed by atoms with van der Waals surface area (Å²) in [6.07, 6.45) is 4.41. The molecule has 2 aliphatic rings. The topological polar surface area (TPSA) is 59.3 Å². The molecule has 5 heteroatoms. The molecule has 4 nitrogen and oxygen atoms in total. The molecule has 3 rings (SSSR count). The van der Waals surface area contributed by atoms with Crippen molar-refractivity contribution in [1.29, 1.82) is 0 Å². The van der Waals surface area contributed by atoms with Gasteiger partial charge in [0.2, 0.25) is 0 Å². The number of nitrogens with two attached hydrogens (primary N) is 1. The lowest BCUT2D eigenvalue weighted by atomic mass is 10.1. The van der Waals surface area contributed by atoms with Gasteiger partial charge in [0.15, 0.2) is 5.11 Å². The maximum atomic E-state index is 6.08. The molecule has 0 aromatic heterocycles. The van der Waals surface area contributed by atoms with Gasteiger partial charge in [-0.25, -0.2) is 0 Å². The van der Waals surface area contributed by atoms with Crippen molar-refractivity contribution in [2.24, 2.45) is 5.73 Å². The predicted molar refractivity (Wildman–Crippen MR) is 85.0 cm³/mol. The third-order valence-electron chi connectivity index (χ3n) is 4.12. The second-order valence-corrected chi connectivity index (χ2v) is 5.94. The van der Waals surface area contributed by atoms with E-state index in [2.05, 4.69) is 28.8 Å². The average molecular weight is 291 g/mol. The number of nitrogens with one attached hydrogen (secondary N) is 2. The molecule has 1 heterocycles. The van der Waals surface area contributed by atoms with Gasteiger partial charge in [-0.05, 0) is 55.1 Å². The van der Waals surface area contributed by atoms with Crippen LogP contribution in [0.4, 0.5) is 5.69 Å². The molecule has 20 heavy (non-hydrogen) atoms. The van der Waals surface area contributed by atoms with E-state index in [1.54, 1.807) is 0 Å². The Morgan fingerprint density at radius 1 is 1.35 bits per heavy atom. The summed E-state index contributed by atoms with van der Waals surface area (Å²) < 4.78 is 5.45. The van der Waals surface area contributed by atoms with E-state index in [0.717, 1.165) is 25.1 Å². The Hall–Kier alpha value is -1.17. The number of rotatable bonds is 2. The Balaban J connectivity index is 1.63. The van der Waals surface area contributed by atoms with E-state index < -0.39 is 0 Å². The van der Waals surface area contributed by atoms with Crippen molar-refractivity contribution in [1.82, 2.24) is 5.32 Å². The van der Waals surface area contributed by atoms with E-state index in [1.165, 1.54) is 24.0 Å². The third kappa shape index (κ3) is 2.95. The van der Waals surface area contributed by atoms with Gasteiger partial charge in [0, 0.05) is 18.3 Å². The highest BCUT2D eigenvalue weighted by molar-refractivity contribution is 7.80. The Bertz CT molecular complexity index is 506. The third-order valence-corrected chi connectivity index (χ3v) is 4.34. The number of ether oxygens (including phenoxy) is 1.